The molecule has 0 aromatic heterocycles. The Morgan fingerprint density at radius 2 is 1.96 bits per heavy atom. The van der Waals surface area contributed by atoms with Crippen LogP contribution in [0.5, 0.6) is 0 Å². The fraction of sp³-hybridized carbons (Fsp3) is 0.500. The lowest BCUT2D eigenvalue weighted by atomic mass is 10.1. The first kappa shape index (κ1) is 19.3. The number of amides is 3. The molecule has 1 aromatic rings. The molecular formula is C18H25N3O3S. The molecule has 3 amide bonds. The van der Waals surface area contributed by atoms with Gasteiger partial charge >= 0.3 is 0 Å². The van der Waals surface area contributed by atoms with Gasteiger partial charge in [0.05, 0.1) is 17.5 Å². The monoisotopic (exact) mass is 363 g/mol. The molecule has 136 valence electrons. The minimum Gasteiger partial charge on any atom is -0.350 e. The van der Waals surface area contributed by atoms with Crippen molar-refractivity contribution < 1.29 is 14.4 Å². The molecule has 0 saturated heterocycles. The van der Waals surface area contributed by atoms with E-state index >= 15 is 0 Å². The van der Waals surface area contributed by atoms with Crippen LogP contribution in [0.3, 0.4) is 0 Å². The molecule has 2 rings (SSSR count). The van der Waals surface area contributed by atoms with Gasteiger partial charge in [-0.2, -0.15) is 0 Å². The number of carbonyl (C=O) groups excluding carboxylic acids is 3. The third-order valence-electron chi connectivity index (χ3n) is 3.65. The summed E-state index contributed by atoms with van der Waals surface area (Å²) in [7, 11) is 0. The maximum absolute atomic E-state index is 12.6. The number of likely N-dealkylation sites (N-methyl/N-ethyl adjacent to an activating group) is 1. The van der Waals surface area contributed by atoms with Crippen LogP contribution in [0, 0.1) is 0 Å². The molecular weight excluding hydrogens is 338 g/mol. The third-order valence-corrected chi connectivity index (χ3v) is 4.93. The molecule has 1 aliphatic heterocycles. The number of rotatable bonds is 5. The Labute approximate surface area is 152 Å². The normalized spacial score (nSPS) is 16.6. The number of para-hydroxylation sites is 1. The lowest BCUT2D eigenvalue weighted by molar-refractivity contribution is -0.137. The minimum atomic E-state index is -0.484. The summed E-state index contributed by atoms with van der Waals surface area (Å²) in [6.45, 7) is 7.93. The van der Waals surface area contributed by atoms with E-state index in [0.29, 0.717) is 6.54 Å². The summed E-state index contributed by atoms with van der Waals surface area (Å²) in [5.74, 6) is -0.570. The molecule has 0 bridgehead atoms. The van der Waals surface area contributed by atoms with Crippen LogP contribution < -0.4 is 10.6 Å². The average Bonchev–Trinajstić information content (AvgIpc) is 2.51. The number of nitrogens with zero attached hydrogens (tertiary/aromatic N) is 1. The van der Waals surface area contributed by atoms with E-state index in [1.165, 1.54) is 16.7 Å². The number of fused-ring (bicyclic) bond motifs is 1. The zero-order valence-electron chi connectivity index (χ0n) is 15.1. The first-order valence-electron chi connectivity index (χ1n) is 8.35. The molecule has 0 fully saturated rings. The van der Waals surface area contributed by atoms with Crippen LogP contribution in [-0.2, 0) is 14.4 Å². The molecule has 2 N–H and O–H groups in total. The molecule has 0 saturated carbocycles. The van der Waals surface area contributed by atoms with E-state index in [4.69, 9.17) is 0 Å². The molecule has 1 unspecified atom stereocenters. The maximum atomic E-state index is 12.6. The second kappa shape index (κ2) is 7.91. The van der Waals surface area contributed by atoms with E-state index in [-0.39, 0.29) is 36.2 Å². The zero-order chi connectivity index (χ0) is 18.6. The largest absolute Gasteiger partial charge is 0.350 e. The quantitative estimate of drug-likeness (QED) is 0.841. The summed E-state index contributed by atoms with van der Waals surface area (Å²) in [5, 5.41) is 5.20. The second-order valence-corrected chi connectivity index (χ2v) is 8.25. The van der Waals surface area contributed by atoms with Gasteiger partial charge in [0.1, 0.15) is 0 Å². The van der Waals surface area contributed by atoms with E-state index in [1.54, 1.807) is 0 Å². The zero-order valence-corrected chi connectivity index (χ0v) is 15.9. The summed E-state index contributed by atoms with van der Waals surface area (Å²) in [4.78, 5) is 39.3. The van der Waals surface area contributed by atoms with Crippen molar-refractivity contribution in [2.45, 2.75) is 49.8 Å². The second-order valence-electron chi connectivity index (χ2n) is 7.00. The van der Waals surface area contributed by atoms with Gasteiger partial charge in [-0.1, -0.05) is 12.1 Å². The SMILES string of the molecule is CCN(CC(=O)NC(C)(C)C)C(=O)CC1Sc2ccccc2NC1=O. The Morgan fingerprint density at radius 3 is 2.60 bits per heavy atom. The number of thioether (sulfide) groups is 1. The van der Waals surface area contributed by atoms with Crippen molar-refractivity contribution in [2.24, 2.45) is 0 Å². The Hall–Kier alpha value is -2.02. The first-order chi connectivity index (χ1) is 11.7. The van der Waals surface area contributed by atoms with Gasteiger partial charge in [-0.15, -0.1) is 11.8 Å². The number of benzene rings is 1. The van der Waals surface area contributed by atoms with Gasteiger partial charge in [-0.05, 0) is 39.8 Å². The number of nitrogens with one attached hydrogen (secondary N) is 2. The molecule has 0 aliphatic carbocycles. The average molecular weight is 363 g/mol. The molecule has 0 radical (unpaired) electrons. The van der Waals surface area contributed by atoms with Gasteiger partial charge in [0.2, 0.25) is 17.7 Å². The predicted molar refractivity (Wildman–Crippen MR) is 99.5 cm³/mol. The Bertz CT molecular complexity index is 670. The van der Waals surface area contributed by atoms with Gasteiger partial charge in [0.25, 0.3) is 0 Å². The Kier molecular flexibility index (Phi) is 6.11. The first-order valence-corrected chi connectivity index (χ1v) is 9.23. The van der Waals surface area contributed by atoms with Crippen molar-refractivity contribution in [1.29, 1.82) is 0 Å². The smallest absolute Gasteiger partial charge is 0.240 e. The Morgan fingerprint density at radius 1 is 1.28 bits per heavy atom. The maximum Gasteiger partial charge on any atom is 0.240 e. The van der Waals surface area contributed by atoms with Crippen molar-refractivity contribution in [1.82, 2.24) is 10.2 Å². The van der Waals surface area contributed by atoms with Crippen LogP contribution in [0.4, 0.5) is 5.69 Å². The molecule has 25 heavy (non-hydrogen) atoms. The van der Waals surface area contributed by atoms with Gasteiger partial charge in [0, 0.05) is 23.4 Å². The highest BCUT2D eigenvalue weighted by Gasteiger charge is 2.30. The summed E-state index contributed by atoms with van der Waals surface area (Å²) in [6, 6.07) is 7.52. The highest BCUT2D eigenvalue weighted by Crippen LogP contribution is 2.36. The molecule has 1 aromatic carbocycles. The van der Waals surface area contributed by atoms with Crippen LogP contribution >= 0.6 is 11.8 Å². The number of carbonyl (C=O) groups is 3. The van der Waals surface area contributed by atoms with Gasteiger partial charge in [-0.25, -0.2) is 0 Å². The summed E-state index contributed by atoms with van der Waals surface area (Å²) in [5.41, 5.74) is 0.431. The Balaban J connectivity index is 1.98. The van der Waals surface area contributed by atoms with E-state index in [9.17, 15) is 14.4 Å². The summed E-state index contributed by atoms with van der Waals surface area (Å²) >= 11 is 1.39. The van der Waals surface area contributed by atoms with E-state index in [0.717, 1.165) is 10.6 Å². The predicted octanol–water partition coefficient (Wildman–Crippen LogP) is 2.25. The van der Waals surface area contributed by atoms with Crippen LogP contribution in [0.2, 0.25) is 0 Å². The highest BCUT2D eigenvalue weighted by atomic mass is 32.2. The van der Waals surface area contributed by atoms with Crippen molar-refractivity contribution in [2.75, 3.05) is 18.4 Å². The number of anilines is 1. The molecule has 1 aliphatic rings. The molecule has 7 heteroatoms. The van der Waals surface area contributed by atoms with E-state index in [1.807, 2.05) is 52.0 Å². The number of hydrogen-bond donors (Lipinski definition) is 2. The third kappa shape index (κ3) is 5.49. The van der Waals surface area contributed by atoms with Gasteiger partial charge in [0.15, 0.2) is 0 Å². The summed E-state index contributed by atoms with van der Waals surface area (Å²) < 4.78 is 0. The van der Waals surface area contributed by atoms with E-state index in [2.05, 4.69) is 10.6 Å². The fourth-order valence-corrected chi connectivity index (χ4v) is 3.62. The standard InChI is InChI=1S/C18H25N3O3S/c1-5-21(11-15(22)20-18(2,3)4)16(23)10-14-17(24)19-12-8-6-7-9-13(12)25-14/h6-9,14H,5,10-11H2,1-4H3,(H,19,24)(H,20,22). The number of hydrogen-bond acceptors (Lipinski definition) is 4. The highest BCUT2D eigenvalue weighted by molar-refractivity contribution is 8.01. The molecule has 6 nitrogen and oxygen atoms in total. The fourth-order valence-electron chi connectivity index (χ4n) is 2.52. The molecule has 1 atom stereocenters. The lowest BCUT2D eigenvalue weighted by Crippen LogP contribution is -2.48. The molecule has 1 heterocycles. The van der Waals surface area contributed by atoms with Gasteiger partial charge in [-0.3, -0.25) is 14.4 Å². The van der Waals surface area contributed by atoms with Crippen molar-refractivity contribution in [3.63, 3.8) is 0 Å². The minimum absolute atomic E-state index is 0.00218. The van der Waals surface area contributed by atoms with Crippen LogP contribution in [0.15, 0.2) is 29.2 Å². The van der Waals surface area contributed by atoms with Crippen molar-refractivity contribution in [3.05, 3.63) is 24.3 Å². The van der Waals surface area contributed by atoms with Crippen molar-refractivity contribution in [3.8, 4) is 0 Å². The molecule has 0 spiro atoms. The summed E-state index contributed by atoms with van der Waals surface area (Å²) in [6.07, 6.45) is 0.0709. The van der Waals surface area contributed by atoms with Crippen LogP contribution in [0.25, 0.3) is 0 Å². The lowest BCUT2D eigenvalue weighted by Gasteiger charge is -2.27. The van der Waals surface area contributed by atoms with E-state index < -0.39 is 5.25 Å². The van der Waals surface area contributed by atoms with Crippen molar-refractivity contribution >= 4 is 35.2 Å². The topological polar surface area (TPSA) is 78.5 Å². The van der Waals surface area contributed by atoms with Gasteiger partial charge < -0.3 is 15.5 Å². The van der Waals surface area contributed by atoms with Crippen LogP contribution in [0.1, 0.15) is 34.1 Å². The van der Waals surface area contributed by atoms with Crippen LogP contribution in [-0.4, -0.2) is 46.5 Å².